The number of aliphatic imine (C=N–C) groups is 1. The van der Waals surface area contributed by atoms with Gasteiger partial charge in [-0.3, -0.25) is 4.99 Å². The molecule has 2 N–H and O–H groups in total. The van der Waals surface area contributed by atoms with Gasteiger partial charge in [0.2, 0.25) is 0 Å². The quantitative estimate of drug-likeness (QED) is 0.331. The fourth-order valence-electron chi connectivity index (χ4n) is 1.94. The summed E-state index contributed by atoms with van der Waals surface area (Å²) in [5.41, 5.74) is 2.62. The summed E-state index contributed by atoms with van der Waals surface area (Å²) >= 11 is 0. The standard InChI is InChI=1S/C17H27N3.HI/c1-6-11-19-16(18-7-2)20-13-17(4,5)15-10-8-9-14(3)12-15;/h6,8-10,12H,1,7,11,13H2,2-5H3,(H2,18,19,20);1H. The Morgan fingerprint density at radius 3 is 2.62 bits per heavy atom. The Labute approximate surface area is 146 Å². The summed E-state index contributed by atoms with van der Waals surface area (Å²) in [6.45, 7) is 14.7. The Balaban J connectivity index is 0.00000400. The molecule has 0 heterocycles. The number of aryl methyl sites for hydroxylation is 1. The van der Waals surface area contributed by atoms with Crippen molar-refractivity contribution in [3.8, 4) is 0 Å². The molecule has 0 aliphatic carbocycles. The maximum absolute atomic E-state index is 4.68. The first-order valence-corrected chi connectivity index (χ1v) is 7.20. The second kappa shape index (κ2) is 9.82. The van der Waals surface area contributed by atoms with Crippen LogP contribution in [0.2, 0.25) is 0 Å². The van der Waals surface area contributed by atoms with Crippen molar-refractivity contribution >= 4 is 29.9 Å². The Hall–Kier alpha value is -1.04. The molecule has 0 radical (unpaired) electrons. The number of benzene rings is 1. The first-order valence-electron chi connectivity index (χ1n) is 7.20. The van der Waals surface area contributed by atoms with Gasteiger partial charge in [-0.15, -0.1) is 30.6 Å². The zero-order chi connectivity index (χ0) is 15.0. The van der Waals surface area contributed by atoms with Crippen LogP contribution in [0.1, 0.15) is 31.9 Å². The molecule has 0 unspecified atom stereocenters. The minimum atomic E-state index is 0. The second-order valence-corrected chi connectivity index (χ2v) is 5.62. The van der Waals surface area contributed by atoms with Gasteiger partial charge >= 0.3 is 0 Å². The molecule has 0 fully saturated rings. The van der Waals surface area contributed by atoms with Crippen molar-refractivity contribution in [3.63, 3.8) is 0 Å². The van der Waals surface area contributed by atoms with Gasteiger partial charge in [0.15, 0.2) is 5.96 Å². The van der Waals surface area contributed by atoms with Gasteiger partial charge in [-0.1, -0.05) is 49.8 Å². The van der Waals surface area contributed by atoms with E-state index in [9.17, 15) is 0 Å². The highest BCUT2D eigenvalue weighted by Gasteiger charge is 2.20. The molecule has 0 saturated carbocycles. The number of nitrogens with one attached hydrogen (secondary N) is 2. The number of hydrogen-bond donors (Lipinski definition) is 2. The molecule has 118 valence electrons. The predicted molar refractivity (Wildman–Crippen MR) is 104 cm³/mol. The highest BCUT2D eigenvalue weighted by Crippen LogP contribution is 2.24. The SMILES string of the molecule is C=CCNC(=NCC(C)(C)c1cccc(C)c1)NCC.I. The molecule has 21 heavy (non-hydrogen) atoms. The molecule has 0 amide bonds. The zero-order valence-electron chi connectivity index (χ0n) is 13.6. The van der Waals surface area contributed by atoms with E-state index in [2.05, 4.69) is 74.2 Å². The van der Waals surface area contributed by atoms with E-state index in [1.165, 1.54) is 11.1 Å². The third-order valence-corrected chi connectivity index (χ3v) is 3.19. The molecule has 1 aromatic rings. The van der Waals surface area contributed by atoms with E-state index >= 15 is 0 Å². The average Bonchev–Trinajstić information content (AvgIpc) is 2.42. The van der Waals surface area contributed by atoms with E-state index in [4.69, 9.17) is 0 Å². The van der Waals surface area contributed by atoms with Crippen molar-refractivity contribution in [2.75, 3.05) is 19.6 Å². The molecule has 0 aliphatic rings. The van der Waals surface area contributed by atoms with Crippen molar-refractivity contribution in [3.05, 3.63) is 48.0 Å². The lowest BCUT2D eigenvalue weighted by atomic mass is 9.84. The Morgan fingerprint density at radius 1 is 1.33 bits per heavy atom. The van der Waals surface area contributed by atoms with Gasteiger partial charge in [-0.05, 0) is 19.4 Å². The monoisotopic (exact) mass is 401 g/mol. The van der Waals surface area contributed by atoms with Crippen LogP contribution in [0.5, 0.6) is 0 Å². The van der Waals surface area contributed by atoms with Crippen LogP contribution in [0.15, 0.2) is 41.9 Å². The van der Waals surface area contributed by atoms with Crippen molar-refractivity contribution < 1.29 is 0 Å². The summed E-state index contributed by atoms with van der Waals surface area (Å²) < 4.78 is 0. The third kappa shape index (κ3) is 6.98. The van der Waals surface area contributed by atoms with E-state index in [-0.39, 0.29) is 29.4 Å². The molecule has 1 aromatic carbocycles. The van der Waals surface area contributed by atoms with E-state index in [0.717, 1.165) is 25.6 Å². The minimum absolute atomic E-state index is 0. The third-order valence-electron chi connectivity index (χ3n) is 3.19. The fraction of sp³-hybridized carbons (Fsp3) is 0.471. The second-order valence-electron chi connectivity index (χ2n) is 5.62. The van der Waals surface area contributed by atoms with Gasteiger partial charge in [0.05, 0.1) is 6.54 Å². The summed E-state index contributed by atoms with van der Waals surface area (Å²) in [7, 11) is 0. The van der Waals surface area contributed by atoms with Crippen LogP contribution in [0, 0.1) is 6.92 Å². The van der Waals surface area contributed by atoms with Crippen LogP contribution in [0.25, 0.3) is 0 Å². The molecule has 4 heteroatoms. The molecular formula is C17H28IN3. The number of guanidine groups is 1. The van der Waals surface area contributed by atoms with Crippen LogP contribution >= 0.6 is 24.0 Å². The van der Waals surface area contributed by atoms with Gasteiger partial charge in [0, 0.05) is 18.5 Å². The number of nitrogens with zero attached hydrogens (tertiary/aromatic N) is 1. The van der Waals surface area contributed by atoms with Crippen molar-refractivity contribution in [2.45, 2.75) is 33.1 Å². The lowest BCUT2D eigenvalue weighted by Gasteiger charge is -2.24. The minimum Gasteiger partial charge on any atom is -0.357 e. The van der Waals surface area contributed by atoms with Gasteiger partial charge in [-0.25, -0.2) is 0 Å². The molecule has 0 aliphatic heterocycles. The van der Waals surface area contributed by atoms with E-state index in [1.807, 2.05) is 6.08 Å². The fourth-order valence-corrected chi connectivity index (χ4v) is 1.94. The highest BCUT2D eigenvalue weighted by atomic mass is 127. The van der Waals surface area contributed by atoms with Gasteiger partial charge in [0.25, 0.3) is 0 Å². The summed E-state index contributed by atoms with van der Waals surface area (Å²) in [5.74, 6) is 0.841. The normalized spacial score (nSPS) is 11.5. The van der Waals surface area contributed by atoms with Crippen LogP contribution in [0.3, 0.4) is 0 Å². The zero-order valence-corrected chi connectivity index (χ0v) is 15.9. The van der Waals surface area contributed by atoms with Crippen LogP contribution in [-0.4, -0.2) is 25.6 Å². The molecule has 0 atom stereocenters. The summed E-state index contributed by atoms with van der Waals surface area (Å²) in [4.78, 5) is 4.68. The summed E-state index contributed by atoms with van der Waals surface area (Å²) in [6, 6.07) is 8.64. The lowest BCUT2D eigenvalue weighted by Crippen LogP contribution is -2.38. The van der Waals surface area contributed by atoms with Crippen LogP contribution in [-0.2, 0) is 5.41 Å². The largest absolute Gasteiger partial charge is 0.357 e. The van der Waals surface area contributed by atoms with Crippen molar-refractivity contribution in [1.29, 1.82) is 0 Å². The first-order chi connectivity index (χ1) is 9.49. The highest BCUT2D eigenvalue weighted by molar-refractivity contribution is 14.0. The molecule has 1 rings (SSSR count). The molecular weight excluding hydrogens is 373 g/mol. The first kappa shape index (κ1) is 20.0. The van der Waals surface area contributed by atoms with Crippen molar-refractivity contribution in [2.24, 2.45) is 4.99 Å². The van der Waals surface area contributed by atoms with Gasteiger partial charge in [0.1, 0.15) is 0 Å². The summed E-state index contributed by atoms with van der Waals surface area (Å²) in [5, 5.41) is 6.47. The number of halogens is 1. The number of rotatable bonds is 6. The topological polar surface area (TPSA) is 36.4 Å². The van der Waals surface area contributed by atoms with Crippen LogP contribution in [0.4, 0.5) is 0 Å². The Morgan fingerprint density at radius 2 is 2.05 bits per heavy atom. The van der Waals surface area contributed by atoms with Crippen LogP contribution < -0.4 is 10.6 Å². The smallest absolute Gasteiger partial charge is 0.191 e. The maximum Gasteiger partial charge on any atom is 0.191 e. The lowest BCUT2D eigenvalue weighted by molar-refractivity contribution is 0.537. The Bertz CT molecular complexity index is 467. The van der Waals surface area contributed by atoms with Gasteiger partial charge < -0.3 is 10.6 Å². The van der Waals surface area contributed by atoms with E-state index < -0.39 is 0 Å². The Kier molecular flexibility index (Phi) is 9.33. The predicted octanol–water partition coefficient (Wildman–Crippen LogP) is 3.63. The van der Waals surface area contributed by atoms with Gasteiger partial charge in [-0.2, -0.15) is 0 Å². The number of hydrogen-bond acceptors (Lipinski definition) is 1. The summed E-state index contributed by atoms with van der Waals surface area (Å²) in [6.07, 6.45) is 1.83. The average molecular weight is 401 g/mol. The maximum atomic E-state index is 4.68. The van der Waals surface area contributed by atoms with E-state index in [0.29, 0.717) is 0 Å². The van der Waals surface area contributed by atoms with Crippen molar-refractivity contribution in [1.82, 2.24) is 10.6 Å². The van der Waals surface area contributed by atoms with E-state index in [1.54, 1.807) is 0 Å². The molecule has 3 nitrogen and oxygen atoms in total. The molecule has 0 aromatic heterocycles. The molecule has 0 saturated heterocycles. The molecule has 0 bridgehead atoms. The molecule has 0 spiro atoms.